The van der Waals surface area contributed by atoms with Crippen LogP contribution in [0.4, 0.5) is 5.69 Å². The average molecular weight is 489 g/mol. The van der Waals surface area contributed by atoms with Crippen molar-refractivity contribution in [2.45, 2.75) is 38.0 Å². The van der Waals surface area contributed by atoms with E-state index in [0.717, 1.165) is 11.1 Å². The lowest BCUT2D eigenvalue weighted by atomic mass is 9.74. The molecule has 1 amide bonds. The predicted molar refractivity (Wildman–Crippen MR) is 140 cm³/mol. The van der Waals surface area contributed by atoms with Crippen molar-refractivity contribution < 1.29 is 14.3 Å². The quantitative estimate of drug-likeness (QED) is 0.465. The molecular weight excluding hydrogens is 460 g/mol. The minimum atomic E-state index is -0.652. The van der Waals surface area contributed by atoms with Crippen LogP contribution in [0.25, 0.3) is 6.08 Å². The second kappa shape index (κ2) is 8.97. The number of carbonyl (C=O) groups is 1. The summed E-state index contributed by atoms with van der Waals surface area (Å²) in [4.78, 5) is 14.9. The number of benzene rings is 3. The molecule has 1 fully saturated rings. The van der Waals surface area contributed by atoms with Crippen molar-refractivity contribution in [3.8, 4) is 11.5 Å². The molecule has 0 spiro atoms. The van der Waals surface area contributed by atoms with E-state index in [0.29, 0.717) is 36.1 Å². The molecule has 35 heavy (non-hydrogen) atoms. The van der Waals surface area contributed by atoms with Gasteiger partial charge in [-0.15, -0.1) is 0 Å². The molecule has 0 saturated carbocycles. The number of carbonyl (C=O) groups excluding carboxylic acids is 1. The van der Waals surface area contributed by atoms with Gasteiger partial charge in [0.25, 0.3) is 0 Å². The fraction of sp³-hybridized carbons (Fsp3) is 0.276. The molecule has 180 valence electrons. The summed E-state index contributed by atoms with van der Waals surface area (Å²) in [6.07, 6.45) is 4.65. The van der Waals surface area contributed by atoms with Crippen LogP contribution in [0.1, 0.15) is 37.0 Å². The molecule has 1 atom stereocenters. The Kier molecular flexibility index (Phi) is 5.97. The molecule has 1 saturated heterocycles. The summed E-state index contributed by atoms with van der Waals surface area (Å²) >= 11 is 6.08. The molecule has 0 aromatic heterocycles. The highest BCUT2D eigenvalue weighted by atomic mass is 35.5. The maximum atomic E-state index is 12.6. The molecule has 0 bridgehead atoms. The predicted octanol–water partition coefficient (Wildman–Crippen LogP) is 5.95. The minimum Gasteiger partial charge on any atom is -0.493 e. The van der Waals surface area contributed by atoms with Gasteiger partial charge in [0.2, 0.25) is 5.91 Å². The van der Waals surface area contributed by atoms with E-state index < -0.39 is 5.66 Å². The molecule has 0 radical (unpaired) electrons. The first-order valence-electron chi connectivity index (χ1n) is 11.8. The van der Waals surface area contributed by atoms with Gasteiger partial charge in [-0.2, -0.15) is 0 Å². The number of hydrogen-bond acceptors (Lipinski definition) is 4. The van der Waals surface area contributed by atoms with Crippen LogP contribution in [0.5, 0.6) is 11.5 Å². The molecule has 5 nitrogen and oxygen atoms in total. The zero-order chi connectivity index (χ0) is 24.6. The summed E-state index contributed by atoms with van der Waals surface area (Å²) < 4.78 is 11.6. The summed E-state index contributed by atoms with van der Waals surface area (Å²) in [5, 5.41) is 4.00. The number of nitrogens with zero attached hydrogens (tertiary/aromatic N) is 1. The van der Waals surface area contributed by atoms with E-state index in [4.69, 9.17) is 21.1 Å². The van der Waals surface area contributed by atoms with Gasteiger partial charge in [0, 0.05) is 29.1 Å². The standard InChI is InChI=1S/C29H29ClN2O3/c1-28(2)23-9-4-5-10-24(23)32-16-14-27(33)31-29(28,32)15-13-20-11-12-25(26(18-20)34-3)35-19-21-7-6-8-22(30)17-21/h4-13,15,17-18H,14,16,19H2,1-3H3,(H,31,33). The number of methoxy groups -OCH3 is 1. The van der Waals surface area contributed by atoms with Crippen molar-refractivity contribution in [3.05, 3.63) is 94.5 Å². The lowest BCUT2D eigenvalue weighted by molar-refractivity contribution is -0.124. The van der Waals surface area contributed by atoms with E-state index >= 15 is 0 Å². The summed E-state index contributed by atoms with van der Waals surface area (Å²) in [6.45, 7) is 5.45. The normalized spacial score (nSPS) is 20.3. The third kappa shape index (κ3) is 4.04. The van der Waals surface area contributed by atoms with Gasteiger partial charge in [-0.1, -0.05) is 67.9 Å². The Morgan fingerprint density at radius 3 is 2.69 bits per heavy atom. The smallest absolute Gasteiger partial charge is 0.223 e. The first-order chi connectivity index (χ1) is 16.8. The molecule has 6 heteroatoms. The third-order valence-electron chi connectivity index (χ3n) is 7.13. The minimum absolute atomic E-state index is 0.0640. The van der Waals surface area contributed by atoms with E-state index in [9.17, 15) is 4.79 Å². The number of nitrogens with one attached hydrogen (secondary N) is 1. The number of fused-ring (bicyclic) bond motifs is 3. The molecule has 1 unspecified atom stereocenters. The number of amides is 1. The Balaban J connectivity index is 1.44. The van der Waals surface area contributed by atoms with Crippen LogP contribution < -0.4 is 19.7 Å². The maximum Gasteiger partial charge on any atom is 0.223 e. The van der Waals surface area contributed by atoms with Gasteiger partial charge >= 0.3 is 0 Å². The number of ether oxygens (including phenoxy) is 2. The lowest BCUT2D eigenvalue weighted by Gasteiger charge is -2.49. The van der Waals surface area contributed by atoms with Crippen molar-refractivity contribution in [1.29, 1.82) is 0 Å². The number of para-hydroxylation sites is 1. The topological polar surface area (TPSA) is 50.8 Å². The molecule has 2 heterocycles. The summed E-state index contributed by atoms with van der Waals surface area (Å²) in [6, 6.07) is 21.9. The molecule has 3 aromatic carbocycles. The second-order valence-electron chi connectivity index (χ2n) is 9.52. The van der Waals surface area contributed by atoms with Gasteiger partial charge < -0.3 is 19.7 Å². The lowest BCUT2D eigenvalue weighted by Crippen LogP contribution is -2.68. The maximum absolute atomic E-state index is 12.6. The third-order valence-corrected chi connectivity index (χ3v) is 7.36. The van der Waals surface area contributed by atoms with Crippen LogP contribution in [0, 0.1) is 0 Å². The fourth-order valence-corrected chi connectivity index (χ4v) is 5.44. The van der Waals surface area contributed by atoms with E-state index in [-0.39, 0.29) is 11.3 Å². The largest absolute Gasteiger partial charge is 0.493 e. The fourth-order valence-electron chi connectivity index (χ4n) is 5.23. The van der Waals surface area contributed by atoms with Gasteiger partial charge in [-0.05, 0) is 53.1 Å². The second-order valence-corrected chi connectivity index (χ2v) is 9.96. The van der Waals surface area contributed by atoms with Crippen LogP contribution in [0.2, 0.25) is 5.02 Å². The first kappa shape index (κ1) is 23.3. The number of rotatable bonds is 6. The highest BCUT2D eigenvalue weighted by Gasteiger charge is 2.57. The van der Waals surface area contributed by atoms with Crippen LogP contribution in [0.15, 0.2) is 72.8 Å². The molecular formula is C29H29ClN2O3. The molecule has 5 rings (SSSR count). The number of anilines is 1. The van der Waals surface area contributed by atoms with Gasteiger partial charge in [0.1, 0.15) is 12.3 Å². The van der Waals surface area contributed by atoms with Crippen molar-refractivity contribution in [2.24, 2.45) is 0 Å². The zero-order valence-electron chi connectivity index (χ0n) is 20.2. The van der Waals surface area contributed by atoms with Crippen LogP contribution in [0.3, 0.4) is 0 Å². The molecule has 2 aliphatic heterocycles. The molecule has 3 aromatic rings. The number of halogens is 1. The Bertz CT molecular complexity index is 1300. The van der Waals surface area contributed by atoms with Gasteiger partial charge in [-0.25, -0.2) is 0 Å². The Morgan fingerprint density at radius 2 is 1.89 bits per heavy atom. The van der Waals surface area contributed by atoms with Crippen molar-refractivity contribution in [3.63, 3.8) is 0 Å². The van der Waals surface area contributed by atoms with Gasteiger partial charge in [-0.3, -0.25) is 4.79 Å². The monoisotopic (exact) mass is 488 g/mol. The van der Waals surface area contributed by atoms with E-state index in [2.05, 4.69) is 60.5 Å². The highest BCUT2D eigenvalue weighted by Crippen LogP contribution is 2.52. The molecule has 2 aliphatic rings. The Morgan fingerprint density at radius 1 is 1.06 bits per heavy atom. The van der Waals surface area contributed by atoms with Gasteiger partial charge in [0.15, 0.2) is 11.5 Å². The van der Waals surface area contributed by atoms with E-state index in [1.807, 2.05) is 42.5 Å². The summed E-state index contributed by atoms with van der Waals surface area (Å²) in [5.74, 6) is 1.36. The van der Waals surface area contributed by atoms with Crippen LogP contribution in [-0.2, 0) is 16.8 Å². The molecule has 1 N–H and O–H groups in total. The Hall–Kier alpha value is -3.44. The zero-order valence-corrected chi connectivity index (χ0v) is 20.9. The molecule has 0 aliphatic carbocycles. The van der Waals surface area contributed by atoms with Crippen molar-refractivity contribution >= 4 is 29.3 Å². The van der Waals surface area contributed by atoms with E-state index in [1.54, 1.807) is 7.11 Å². The summed E-state index contributed by atoms with van der Waals surface area (Å²) in [7, 11) is 1.63. The highest BCUT2D eigenvalue weighted by molar-refractivity contribution is 6.30. The summed E-state index contributed by atoms with van der Waals surface area (Å²) in [5.41, 5.74) is 3.37. The van der Waals surface area contributed by atoms with E-state index in [1.165, 1.54) is 11.3 Å². The van der Waals surface area contributed by atoms with Gasteiger partial charge in [0.05, 0.1) is 7.11 Å². The van der Waals surface area contributed by atoms with Crippen molar-refractivity contribution in [1.82, 2.24) is 5.32 Å². The Labute approximate surface area is 211 Å². The SMILES string of the molecule is COc1cc(C=CC23NC(=O)CCN2c2ccccc2C3(C)C)ccc1OCc1cccc(Cl)c1. The van der Waals surface area contributed by atoms with Crippen molar-refractivity contribution in [2.75, 3.05) is 18.6 Å². The number of hydrogen-bond donors (Lipinski definition) is 1. The van der Waals surface area contributed by atoms with Crippen LogP contribution >= 0.6 is 11.6 Å². The van der Waals surface area contributed by atoms with Crippen LogP contribution in [-0.4, -0.2) is 25.2 Å². The average Bonchev–Trinajstić information content (AvgIpc) is 3.05. The first-order valence-corrected chi connectivity index (χ1v) is 12.1.